The average molecular weight is 269 g/mol. The van der Waals surface area contributed by atoms with Gasteiger partial charge in [-0.1, -0.05) is 12.1 Å². The van der Waals surface area contributed by atoms with Gasteiger partial charge < -0.3 is 20.5 Å². The molecule has 1 aromatic carbocycles. The van der Waals surface area contributed by atoms with E-state index in [1.54, 1.807) is 27.7 Å². The van der Waals surface area contributed by atoms with Crippen LogP contribution in [0.15, 0.2) is 18.2 Å². The molecular formula is C13H21BFNO3. The lowest BCUT2D eigenvalue weighted by Crippen LogP contribution is -2.53. The third kappa shape index (κ3) is 3.76. The Morgan fingerprint density at radius 2 is 1.89 bits per heavy atom. The summed E-state index contributed by atoms with van der Waals surface area (Å²) in [4.78, 5) is 0. The topological polar surface area (TPSA) is 75.7 Å². The van der Waals surface area contributed by atoms with E-state index in [0.717, 1.165) is 0 Å². The molecule has 0 atom stereocenters. The van der Waals surface area contributed by atoms with Crippen LogP contribution in [0.2, 0.25) is 0 Å². The van der Waals surface area contributed by atoms with E-state index in [2.05, 4.69) is 0 Å². The average Bonchev–Trinajstić information content (AvgIpc) is 2.27. The lowest BCUT2D eigenvalue weighted by molar-refractivity contribution is -0.0982. The normalized spacial score (nSPS) is 12.6. The first-order valence-electron chi connectivity index (χ1n) is 6.15. The largest absolute Gasteiger partial charge is 0.491 e. The first-order chi connectivity index (χ1) is 8.58. The van der Waals surface area contributed by atoms with Gasteiger partial charge in [-0.05, 0) is 39.2 Å². The standard InChI is InChI=1S/C13H21BFNO3/c1-12(2,17)13(3,4)19-14(18)10-5-6-11(15)9(7-10)8-16/h5-7,17-18H,8,16H2,1-4H3. The quantitative estimate of drug-likeness (QED) is 0.682. The highest BCUT2D eigenvalue weighted by Crippen LogP contribution is 2.25. The Morgan fingerprint density at radius 3 is 2.37 bits per heavy atom. The molecule has 0 saturated carbocycles. The Morgan fingerprint density at radius 1 is 1.32 bits per heavy atom. The summed E-state index contributed by atoms with van der Waals surface area (Å²) in [7, 11) is -1.26. The van der Waals surface area contributed by atoms with Crippen molar-refractivity contribution in [2.24, 2.45) is 5.73 Å². The molecule has 0 unspecified atom stereocenters. The van der Waals surface area contributed by atoms with Crippen LogP contribution in [0.4, 0.5) is 4.39 Å². The van der Waals surface area contributed by atoms with Crippen LogP contribution in [0.3, 0.4) is 0 Å². The van der Waals surface area contributed by atoms with E-state index in [9.17, 15) is 14.5 Å². The van der Waals surface area contributed by atoms with Crippen molar-refractivity contribution in [2.45, 2.75) is 45.4 Å². The molecule has 1 aromatic rings. The van der Waals surface area contributed by atoms with Gasteiger partial charge in [0.25, 0.3) is 0 Å². The van der Waals surface area contributed by atoms with E-state index >= 15 is 0 Å². The van der Waals surface area contributed by atoms with Crippen LogP contribution in [0.5, 0.6) is 0 Å². The van der Waals surface area contributed by atoms with Crippen molar-refractivity contribution in [3.05, 3.63) is 29.6 Å². The molecular weight excluding hydrogens is 248 g/mol. The molecule has 0 spiro atoms. The number of hydrogen-bond donors (Lipinski definition) is 3. The predicted octanol–water partition coefficient (Wildman–Crippen LogP) is 0.538. The van der Waals surface area contributed by atoms with Crippen molar-refractivity contribution in [1.29, 1.82) is 0 Å². The predicted molar refractivity (Wildman–Crippen MR) is 73.4 cm³/mol. The minimum absolute atomic E-state index is 0.0429. The summed E-state index contributed by atoms with van der Waals surface area (Å²) >= 11 is 0. The number of halogens is 1. The number of nitrogens with two attached hydrogens (primary N) is 1. The lowest BCUT2D eigenvalue weighted by atomic mass is 9.76. The molecule has 0 bridgehead atoms. The highest BCUT2D eigenvalue weighted by atomic mass is 19.1. The van der Waals surface area contributed by atoms with Crippen LogP contribution in [0, 0.1) is 5.82 Å². The number of rotatable bonds is 5. The Hall–Kier alpha value is -0.945. The fourth-order valence-electron chi connectivity index (χ4n) is 1.40. The van der Waals surface area contributed by atoms with Crippen LogP contribution in [-0.4, -0.2) is 28.5 Å². The molecule has 0 saturated heterocycles. The van der Waals surface area contributed by atoms with Gasteiger partial charge in [0.05, 0.1) is 11.2 Å². The van der Waals surface area contributed by atoms with E-state index in [1.807, 2.05) is 0 Å². The Bertz CT molecular complexity index is 446. The van der Waals surface area contributed by atoms with Crippen molar-refractivity contribution in [3.8, 4) is 0 Å². The number of aliphatic hydroxyl groups is 1. The monoisotopic (exact) mass is 269 g/mol. The molecule has 106 valence electrons. The third-order valence-corrected chi connectivity index (χ3v) is 3.45. The van der Waals surface area contributed by atoms with Crippen molar-refractivity contribution in [2.75, 3.05) is 0 Å². The van der Waals surface area contributed by atoms with Crippen LogP contribution in [0.1, 0.15) is 33.3 Å². The second-order valence-corrected chi connectivity index (χ2v) is 5.59. The molecule has 0 fully saturated rings. The van der Waals surface area contributed by atoms with Crippen LogP contribution in [-0.2, 0) is 11.2 Å². The number of hydrogen-bond acceptors (Lipinski definition) is 4. The highest BCUT2D eigenvalue weighted by molar-refractivity contribution is 6.60. The van der Waals surface area contributed by atoms with Gasteiger partial charge in [-0.15, -0.1) is 0 Å². The zero-order valence-corrected chi connectivity index (χ0v) is 11.8. The summed E-state index contributed by atoms with van der Waals surface area (Å²) in [6.07, 6.45) is 0. The van der Waals surface area contributed by atoms with E-state index in [4.69, 9.17) is 10.4 Å². The lowest BCUT2D eigenvalue weighted by Gasteiger charge is -2.38. The van der Waals surface area contributed by atoms with Crippen LogP contribution >= 0.6 is 0 Å². The second kappa shape index (κ2) is 5.59. The molecule has 0 amide bonds. The molecule has 0 aliphatic carbocycles. The summed E-state index contributed by atoms with van der Waals surface area (Å²) in [5.41, 5.74) is 4.02. The Balaban J connectivity index is 2.93. The van der Waals surface area contributed by atoms with E-state index in [-0.39, 0.29) is 6.54 Å². The Kier molecular flexibility index (Phi) is 4.74. The van der Waals surface area contributed by atoms with Crippen molar-refractivity contribution in [1.82, 2.24) is 0 Å². The minimum atomic E-state index is -1.26. The van der Waals surface area contributed by atoms with Crippen molar-refractivity contribution >= 4 is 12.6 Å². The Labute approximate surface area is 113 Å². The van der Waals surface area contributed by atoms with Gasteiger partial charge >= 0.3 is 7.12 Å². The molecule has 1 rings (SSSR count). The van der Waals surface area contributed by atoms with Gasteiger partial charge in [-0.25, -0.2) is 4.39 Å². The summed E-state index contributed by atoms with van der Waals surface area (Å²) in [5, 5.41) is 20.0. The maximum absolute atomic E-state index is 13.3. The first kappa shape index (κ1) is 16.1. The maximum Gasteiger partial charge on any atom is 0.491 e. The van der Waals surface area contributed by atoms with Gasteiger partial charge in [-0.3, -0.25) is 0 Å². The summed E-state index contributed by atoms with van der Waals surface area (Å²) in [6.45, 7) is 6.57. The molecule has 19 heavy (non-hydrogen) atoms. The van der Waals surface area contributed by atoms with Gasteiger partial charge in [-0.2, -0.15) is 0 Å². The molecule has 0 aliphatic rings. The van der Waals surface area contributed by atoms with E-state index < -0.39 is 24.1 Å². The molecule has 0 aromatic heterocycles. The zero-order chi connectivity index (χ0) is 14.8. The van der Waals surface area contributed by atoms with Gasteiger partial charge in [0, 0.05) is 12.1 Å². The van der Waals surface area contributed by atoms with Gasteiger partial charge in [0.2, 0.25) is 0 Å². The van der Waals surface area contributed by atoms with Crippen molar-refractivity contribution < 1.29 is 19.2 Å². The van der Waals surface area contributed by atoms with Crippen LogP contribution < -0.4 is 11.2 Å². The molecule has 0 radical (unpaired) electrons. The number of benzene rings is 1. The fraction of sp³-hybridized carbons (Fsp3) is 0.538. The zero-order valence-electron chi connectivity index (χ0n) is 11.8. The molecule has 0 heterocycles. The molecule has 0 aliphatic heterocycles. The summed E-state index contributed by atoms with van der Waals surface area (Å²) in [5.74, 6) is -0.416. The molecule has 6 heteroatoms. The SMILES string of the molecule is CC(C)(O)C(C)(C)OB(O)c1ccc(F)c(CN)c1. The minimum Gasteiger partial charge on any atom is -0.423 e. The highest BCUT2D eigenvalue weighted by Gasteiger charge is 2.39. The smallest absolute Gasteiger partial charge is 0.423 e. The van der Waals surface area contributed by atoms with Gasteiger partial charge in [0.1, 0.15) is 5.82 Å². The maximum atomic E-state index is 13.3. The van der Waals surface area contributed by atoms with Crippen LogP contribution in [0.25, 0.3) is 0 Å². The summed E-state index contributed by atoms with van der Waals surface area (Å²) in [6, 6.07) is 4.13. The fourth-order valence-corrected chi connectivity index (χ4v) is 1.40. The van der Waals surface area contributed by atoms with Gasteiger partial charge in [0.15, 0.2) is 0 Å². The van der Waals surface area contributed by atoms with E-state index in [1.165, 1.54) is 18.2 Å². The molecule has 4 nitrogen and oxygen atoms in total. The molecule has 4 N–H and O–H groups in total. The van der Waals surface area contributed by atoms with E-state index in [0.29, 0.717) is 11.0 Å². The summed E-state index contributed by atoms with van der Waals surface area (Å²) < 4.78 is 18.8. The van der Waals surface area contributed by atoms with Crippen molar-refractivity contribution in [3.63, 3.8) is 0 Å². The first-order valence-corrected chi connectivity index (χ1v) is 6.15. The third-order valence-electron chi connectivity index (χ3n) is 3.45. The second-order valence-electron chi connectivity index (χ2n) is 5.59.